The summed E-state index contributed by atoms with van der Waals surface area (Å²) in [6.07, 6.45) is 3.02. The van der Waals surface area contributed by atoms with Crippen LogP contribution in [0.15, 0.2) is 42.6 Å². The average molecular weight is 381 g/mol. The molecule has 0 bridgehead atoms. The number of halogens is 1. The van der Waals surface area contributed by atoms with Gasteiger partial charge in [-0.1, -0.05) is 19.1 Å². The summed E-state index contributed by atoms with van der Waals surface area (Å²) in [5.41, 5.74) is 3.18. The number of nitrogens with zero attached hydrogens (tertiary/aromatic N) is 1. The minimum absolute atomic E-state index is 0.00420. The molecule has 3 nitrogen and oxygen atoms in total. The summed E-state index contributed by atoms with van der Waals surface area (Å²) in [7, 11) is 0. The van der Waals surface area contributed by atoms with Crippen molar-refractivity contribution < 1.29 is 9.36 Å². The van der Waals surface area contributed by atoms with Crippen LogP contribution in [0.1, 0.15) is 18.2 Å². The number of hydrogen-bond donors (Lipinski definition) is 1. The number of carbonyl (C=O) groups excluding carboxylic acids is 1. The second-order valence-corrected chi connectivity index (χ2v) is 5.85. The molecule has 1 aromatic heterocycles. The largest absolute Gasteiger partial charge is 0.320 e. The predicted molar refractivity (Wildman–Crippen MR) is 88.5 cm³/mol. The van der Waals surface area contributed by atoms with Crippen molar-refractivity contribution in [3.8, 4) is 0 Å². The summed E-state index contributed by atoms with van der Waals surface area (Å²) in [5.74, 6) is -0.00420. The lowest BCUT2D eigenvalue weighted by atomic mass is 10.2. The molecule has 0 atom stereocenters. The molecule has 1 N–H and O–H groups in total. The Bertz CT molecular complexity index is 626. The number of benzene rings is 1. The first-order chi connectivity index (χ1) is 9.60. The van der Waals surface area contributed by atoms with Crippen molar-refractivity contribution in [2.24, 2.45) is 0 Å². The van der Waals surface area contributed by atoms with E-state index in [1.807, 2.05) is 42.0 Å². The predicted octanol–water partition coefficient (Wildman–Crippen LogP) is 3.09. The zero-order valence-electron chi connectivity index (χ0n) is 11.7. The summed E-state index contributed by atoms with van der Waals surface area (Å²) in [5, 5.41) is 2.96. The zero-order chi connectivity index (χ0) is 14.5. The highest BCUT2D eigenvalue weighted by atomic mass is 127. The third-order valence-electron chi connectivity index (χ3n) is 3.18. The fourth-order valence-electron chi connectivity index (χ4n) is 1.95. The van der Waals surface area contributed by atoms with Crippen LogP contribution in [-0.4, -0.2) is 5.91 Å². The highest BCUT2D eigenvalue weighted by molar-refractivity contribution is 14.1. The molecule has 0 saturated heterocycles. The molecular weight excluding hydrogens is 363 g/mol. The van der Waals surface area contributed by atoms with Crippen LogP contribution in [0.3, 0.4) is 0 Å². The highest BCUT2D eigenvalue weighted by Gasteiger charge is 2.14. The van der Waals surface area contributed by atoms with Gasteiger partial charge in [-0.05, 0) is 47.2 Å². The van der Waals surface area contributed by atoms with Crippen LogP contribution in [0.5, 0.6) is 0 Å². The zero-order valence-corrected chi connectivity index (χ0v) is 13.8. The Hall–Kier alpha value is -1.43. The van der Waals surface area contributed by atoms with E-state index in [0.29, 0.717) is 6.54 Å². The van der Waals surface area contributed by atoms with Crippen LogP contribution < -0.4 is 9.88 Å². The first kappa shape index (κ1) is 15.0. The summed E-state index contributed by atoms with van der Waals surface area (Å²) in [6, 6.07) is 11.9. The second-order valence-electron chi connectivity index (χ2n) is 4.69. The smallest absolute Gasteiger partial charge is 0.290 e. The molecular formula is C16H18IN2O+. The molecule has 0 fully saturated rings. The maximum Gasteiger partial charge on any atom is 0.290 e. The molecule has 1 aromatic carbocycles. The van der Waals surface area contributed by atoms with Gasteiger partial charge < -0.3 is 5.32 Å². The van der Waals surface area contributed by atoms with Crippen molar-refractivity contribution in [3.63, 3.8) is 0 Å². The Morgan fingerprint density at radius 1 is 1.25 bits per heavy atom. The molecule has 0 radical (unpaired) electrons. The van der Waals surface area contributed by atoms with Gasteiger partial charge in [-0.2, -0.15) is 4.57 Å². The maximum absolute atomic E-state index is 12.2. The molecule has 104 valence electrons. The van der Waals surface area contributed by atoms with E-state index in [1.54, 1.807) is 0 Å². The molecule has 2 rings (SSSR count). The van der Waals surface area contributed by atoms with Crippen molar-refractivity contribution in [3.05, 3.63) is 57.4 Å². The van der Waals surface area contributed by atoms with Crippen molar-refractivity contribution in [1.29, 1.82) is 0 Å². The molecule has 0 spiro atoms. The third-order valence-corrected chi connectivity index (χ3v) is 4.12. The number of rotatable bonds is 4. The van der Waals surface area contributed by atoms with E-state index in [9.17, 15) is 4.79 Å². The first-order valence-electron chi connectivity index (χ1n) is 6.63. The number of nitrogens with one attached hydrogen (secondary N) is 1. The van der Waals surface area contributed by atoms with Crippen molar-refractivity contribution >= 4 is 34.2 Å². The number of pyridine rings is 1. The third kappa shape index (κ3) is 3.79. The quantitative estimate of drug-likeness (QED) is 0.641. The second kappa shape index (κ2) is 6.83. The molecule has 2 aromatic rings. The first-order valence-corrected chi connectivity index (χ1v) is 7.71. The lowest BCUT2D eigenvalue weighted by Gasteiger charge is -2.06. The number of aromatic nitrogens is 1. The van der Waals surface area contributed by atoms with E-state index >= 15 is 0 Å². The van der Waals surface area contributed by atoms with E-state index in [1.165, 1.54) is 5.56 Å². The standard InChI is InChI=1S/C16H17IN2O/c1-3-13-9-8-12(2)19(10-13)11-16(20)18-15-7-5-4-6-14(15)17/h4-10H,3,11H2,1-2H3/p+1. The molecule has 0 saturated carbocycles. The molecule has 1 heterocycles. The summed E-state index contributed by atoms with van der Waals surface area (Å²) < 4.78 is 3.03. The van der Waals surface area contributed by atoms with Crippen molar-refractivity contribution in [1.82, 2.24) is 0 Å². The minimum Gasteiger partial charge on any atom is -0.320 e. The Balaban J connectivity index is 2.10. The molecule has 0 unspecified atom stereocenters. The highest BCUT2D eigenvalue weighted by Crippen LogP contribution is 2.16. The Morgan fingerprint density at radius 3 is 2.70 bits per heavy atom. The fraction of sp³-hybridized carbons (Fsp3) is 0.250. The normalized spacial score (nSPS) is 10.3. The van der Waals surface area contributed by atoms with E-state index in [4.69, 9.17) is 0 Å². The van der Waals surface area contributed by atoms with Gasteiger partial charge in [0.15, 0.2) is 11.9 Å². The van der Waals surface area contributed by atoms with Gasteiger partial charge in [0.05, 0.1) is 5.69 Å². The van der Waals surface area contributed by atoms with Crippen LogP contribution in [-0.2, 0) is 17.8 Å². The van der Waals surface area contributed by atoms with Gasteiger partial charge in [0.2, 0.25) is 6.54 Å². The van der Waals surface area contributed by atoms with E-state index in [2.05, 4.69) is 47.0 Å². The summed E-state index contributed by atoms with van der Waals surface area (Å²) >= 11 is 2.22. The SMILES string of the molecule is CCc1ccc(C)[n+](CC(=O)Nc2ccccc2I)c1. The fourth-order valence-corrected chi connectivity index (χ4v) is 2.48. The molecule has 1 amide bonds. The lowest BCUT2D eigenvalue weighted by Crippen LogP contribution is -2.43. The number of anilines is 1. The van der Waals surface area contributed by atoms with Gasteiger partial charge in [-0.15, -0.1) is 0 Å². The number of aryl methyl sites for hydroxylation is 2. The molecule has 4 heteroatoms. The Kier molecular flexibility index (Phi) is 5.11. The van der Waals surface area contributed by atoms with Crippen molar-refractivity contribution in [2.75, 3.05) is 5.32 Å². The van der Waals surface area contributed by atoms with E-state index in [-0.39, 0.29) is 5.91 Å². The molecule has 0 aliphatic heterocycles. The van der Waals surface area contributed by atoms with Gasteiger partial charge >= 0.3 is 0 Å². The van der Waals surface area contributed by atoms with Gasteiger partial charge in [0.1, 0.15) is 0 Å². The van der Waals surface area contributed by atoms with Crippen LogP contribution >= 0.6 is 22.6 Å². The molecule has 20 heavy (non-hydrogen) atoms. The number of amides is 1. The van der Waals surface area contributed by atoms with E-state index in [0.717, 1.165) is 21.4 Å². The van der Waals surface area contributed by atoms with Crippen molar-refractivity contribution in [2.45, 2.75) is 26.8 Å². The molecule has 0 aliphatic rings. The summed E-state index contributed by atoms with van der Waals surface area (Å²) in [4.78, 5) is 12.2. The van der Waals surface area contributed by atoms with Gasteiger partial charge in [-0.25, -0.2) is 0 Å². The van der Waals surface area contributed by atoms with E-state index < -0.39 is 0 Å². The number of carbonyl (C=O) groups is 1. The average Bonchev–Trinajstić information content (AvgIpc) is 2.44. The minimum atomic E-state index is -0.00420. The number of hydrogen-bond acceptors (Lipinski definition) is 1. The van der Waals surface area contributed by atoms with Crippen LogP contribution in [0.25, 0.3) is 0 Å². The topological polar surface area (TPSA) is 33.0 Å². The van der Waals surface area contributed by atoms with Crippen LogP contribution in [0, 0.1) is 10.5 Å². The molecule has 0 aliphatic carbocycles. The Labute approximate surface area is 133 Å². The van der Waals surface area contributed by atoms with Gasteiger partial charge in [0, 0.05) is 22.1 Å². The van der Waals surface area contributed by atoms with Gasteiger partial charge in [0.25, 0.3) is 5.91 Å². The lowest BCUT2D eigenvalue weighted by molar-refractivity contribution is -0.690. The monoisotopic (exact) mass is 381 g/mol. The Morgan fingerprint density at radius 2 is 2.00 bits per heavy atom. The van der Waals surface area contributed by atoms with Gasteiger partial charge in [-0.3, -0.25) is 4.79 Å². The maximum atomic E-state index is 12.2. The number of para-hydroxylation sites is 1. The van der Waals surface area contributed by atoms with Crippen LogP contribution in [0.4, 0.5) is 5.69 Å². The summed E-state index contributed by atoms with van der Waals surface area (Å²) in [6.45, 7) is 4.46. The van der Waals surface area contributed by atoms with Crippen LogP contribution in [0.2, 0.25) is 0 Å².